The zero-order valence-corrected chi connectivity index (χ0v) is 7.35. The van der Waals surface area contributed by atoms with E-state index in [4.69, 9.17) is 0 Å². The van der Waals surface area contributed by atoms with Crippen LogP contribution in [0.2, 0.25) is 0 Å². The number of nitrogens with zero attached hydrogens (tertiary/aromatic N) is 1. The lowest BCUT2D eigenvalue weighted by atomic mass is 9.99. The average Bonchev–Trinajstić information content (AvgIpc) is 2.10. The van der Waals surface area contributed by atoms with Gasteiger partial charge in [-0.15, -0.1) is 10.1 Å². The van der Waals surface area contributed by atoms with E-state index in [1.165, 1.54) is 0 Å². The molecule has 1 saturated heterocycles. The highest BCUT2D eigenvalue weighted by Gasteiger charge is 2.23. The van der Waals surface area contributed by atoms with E-state index >= 15 is 0 Å². The van der Waals surface area contributed by atoms with Crippen LogP contribution < -0.4 is 5.43 Å². The summed E-state index contributed by atoms with van der Waals surface area (Å²) in [7, 11) is 0. The van der Waals surface area contributed by atoms with Gasteiger partial charge in [0, 0.05) is 5.41 Å². The summed E-state index contributed by atoms with van der Waals surface area (Å²) < 4.78 is 1.86. The maximum Gasteiger partial charge on any atom is 0.280 e. The van der Waals surface area contributed by atoms with Gasteiger partial charge >= 0.3 is 0 Å². The summed E-state index contributed by atoms with van der Waals surface area (Å²) in [6.45, 7) is 7.13. The summed E-state index contributed by atoms with van der Waals surface area (Å²) >= 11 is 0. The summed E-state index contributed by atoms with van der Waals surface area (Å²) in [6, 6.07) is 0. The topological polar surface area (TPSA) is 32.1 Å². The summed E-state index contributed by atoms with van der Waals surface area (Å²) in [5, 5.41) is 0. The number of hydrogen-bond acceptors (Lipinski definition) is 1. The molecule has 3 heteroatoms. The molecule has 11 heavy (non-hydrogen) atoms. The third-order valence-corrected chi connectivity index (χ3v) is 1.39. The van der Waals surface area contributed by atoms with Crippen LogP contribution in [0.1, 0.15) is 27.2 Å². The second-order valence-corrected chi connectivity index (χ2v) is 3.97. The van der Waals surface area contributed by atoms with E-state index in [2.05, 4.69) is 26.2 Å². The second kappa shape index (κ2) is 2.64. The summed E-state index contributed by atoms with van der Waals surface area (Å²) in [5.74, 6) is 0.116. The second-order valence-electron chi connectivity index (χ2n) is 3.97. The van der Waals surface area contributed by atoms with Crippen LogP contribution in [0.3, 0.4) is 0 Å². The minimum Gasteiger partial charge on any atom is -0.269 e. The van der Waals surface area contributed by atoms with Crippen molar-refractivity contribution in [3.63, 3.8) is 0 Å². The number of hydrogen-bond donors (Lipinski definition) is 1. The fourth-order valence-electron chi connectivity index (χ4n) is 1.06. The van der Waals surface area contributed by atoms with Crippen molar-refractivity contribution in [2.24, 2.45) is 5.41 Å². The molecule has 0 bridgehead atoms. The molecule has 1 fully saturated rings. The Balaban J connectivity index is 2.62. The van der Waals surface area contributed by atoms with Crippen molar-refractivity contribution >= 4 is 12.1 Å². The van der Waals surface area contributed by atoms with Crippen LogP contribution in [-0.4, -0.2) is 23.4 Å². The first-order valence-corrected chi connectivity index (χ1v) is 3.89. The largest absolute Gasteiger partial charge is 0.280 e. The molecule has 0 saturated carbocycles. The molecule has 3 nitrogen and oxygen atoms in total. The molecular weight excluding hydrogens is 140 g/mol. The minimum atomic E-state index is 0.116. The number of nitrogens with one attached hydrogen (secondary N) is 1. The van der Waals surface area contributed by atoms with Gasteiger partial charge < -0.3 is 0 Å². The molecule has 0 unspecified atom stereocenters. The SMILES string of the molecule is CC(C)(C)/C=[N+]1/CCC(=O)N1. The van der Waals surface area contributed by atoms with Crippen molar-refractivity contribution in [2.45, 2.75) is 27.2 Å². The molecule has 0 aliphatic carbocycles. The molecule has 0 spiro atoms. The zero-order valence-electron chi connectivity index (χ0n) is 7.35. The van der Waals surface area contributed by atoms with E-state index in [0.29, 0.717) is 6.42 Å². The van der Waals surface area contributed by atoms with Gasteiger partial charge in [0.1, 0.15) is 0 Å². The monoisotopic (exact) mass is 155 g/mol. The van der Waals surface area contributed by atoms with E-state index in [9.17, 15) is 4.79 Å². The first-order chi connectivity index (χ1) is 4.97. The highest BCUT2D eigenvalue weighted by Crippen LogP contribution is 2.08. The standard InChI is InChI=1S/C8H14N2O/c1-8(2,3)6-10-5-4-7(11)9-10/h6H,4-5H2,1-3H3/p+1/b10-6-. The molecular formula is C8H15N2O+. The molecule has 1 N–H and O–H groups in total. The number of rotatable bonds is 0. The van der Waals surface area contributed by atoms with Gasteiger partial charge in [-0.3, -0.25) is 4.79 Å². The Morgan fingerprint density at radius 1 is 1.55 bits per heavy atom. The Labute approximate surface area is 67.1 Å². The average molecular weight is 155 g/mol. The first-order valence-electron chi connectivity index (χ1n) is 3.89. The maximum absolute atomic E-state index is 10.8. The van der Waals surface area contributed by atoms with Gasteiger partial charge in [-0.2, -0.15) is 0 Å². The smallest absolute Gasteiger partial charge is 0.269 e. The Morgan fingerprint density at radius 3 is 2.55 bits per heavy atom. The summed E-state index contributed by atoms with van der Waals surface area (Å²) in [4.78, 5) is 10.8. The van der Waals surface area contributed by atoms with Crippen molar-refractivity contribution in [1.29, 1.82) is 0 Å². The first kappa shape index (κ1) is 8.24. The maximum atomic E-state index is 10.8. The number of carbonyl (C=O) groups excluding carboxylic acids is 1. The third-order valence-electron chi connectivity index (χ3n) is 1.39. The summed E-state index contributed by atoms with van der Waals surface area (Å²) in [6.07, 6.45) is 2.66. The lowest BCUT2D eigenvalue weighted by Gasteiger charge is -2.06. The molecule has 1 aliphatic heterocycles. The van der Waals surface area contributed by atoms with Crippen molar-refractivity contribution in [2.75, 3.05) is 6.54 Å². The van der Waals surface area contributed by atoms with Crippen molar-refractivity contribution < 1.29 is 9.48 Å². The number of hydrazone groups is 1. The van der Waals surface area contributed by atoms with E-state index in [1.54, 1.807) is 0 Å². The fourth-order valence-corrected chi connectivity index (χ4v) is 1.06. The van der Waals surface area contributed by atoms with Crippen LogP contribution in [0.4, 0.5) is 0 Å². The van der Waals surface area contributed by atoms with Crippen LogP contribution in [0.5, 0.6) is 0 Å². The molecule has 0 radical (unpaired) electrons. The Hall–Kier alpha value is -0.860. The van der Waals surface area contributed by atoms with Crippen LogP contribution in [0.15, 0.2) is 0 Å². The van der Waals surface area contributed by atoms with Crippen LogP contribution in [0, 0.1) is 5.41 Å². The van der Waals surface area contributed by atoms with Crippen LogP contribution in [-0.2, 0) is 4.79 Å². The molecule has 62 valence electrons. The number of hydrazine groups is 1. The van der Waals surface area contributed by atoms with Gasteiger partial charge in [0.25, 0.3) is 5.91 Å². The molecule has 0 aromatic heterocycles. The third kappa shape index (κ3) is 2.70. The summed E-state index contributed by atoms with van der Waals surface area (Å²) in [5.41, 5.74) is 2.89. The number of carbonyl (C=O) groups is 1. The molecule has 1 heterocycles. The predicted octanol–water partition coefficient (Wildman–Crippen LogP) is 0.551. The molecule has 0 aromatic carbocycles. The van der Waals surface area contributed by atoms with Gasteiger partial charge in [0.05, 0.1) is 6.42 Å². The zero-order chi connectivity index (χ0) is 8.48. The van der Waals surface area contributed by atoms with Gasteiger partial charge in [0.2, 0.25) is 0 Å². The van der Waals surface area contributed by atoms with Crippen molar-refractivity contribution in [3.8, 4) is 0 Å². The number of amides is 1. The van der Waals surface area contributed by atoms with E-state index in [0.717, 1.165) is 6.54 Å². The Morgan fingerprint density at radius 2 is 2.18 bits per heavy atom. The van der Waals surface area contributed by atoms with Crippen molar-refractivity contribution in [3.05, 3.63) is 0 Å². The predicted molar refractivity (Wildman–Crippen MR) is 43.4 cm³/mol. The van der Waals surface area contributed by atoms with E-state index in [1.807, 2.05) is 10.9 Å². The van der Waals surface area contributed by atoms with E-state index < -0.39 is 0 Å². The molecule has 1 amide bonds. The van der Waals surface area contributed by atoms with Gasteiger partial charge in [-0.25, -0.2) is 0 Å². The van der Waals surface area contributed by atoms with Gasteiger partial charge in [-0.05, 0) is 0 Å². The quantitative estimate of drug-likeness (QED) is 0.509. The van der Waals surface area contributed by atoms with Gasteiger partial charge in [-0.1, -0.05) is 20.8 Å². The molecule has 0 aromatic rings. The Kier molecular flexibility index (Phi) is 1.98. The highest BCUT2D eigenvalue weighted by atomic mass is 16.2. The Bertz CT molecular complexity index is 201. The fraction of sp³-hybridized carbons (Fsp3) is 0.750. The van der Waals surface area contributed by atoms with Gasteiger partial charge in [0.15, 0.2) is 12.8 Å². The lowest BCUT2D eigenvalue weighted by molar-refractivity contribution is -0.556. The van der Waals surface area contributed by atoms with Crippen molar-refractivity contribution in [1.82, 2.24) is 5.43 Å². The molecule has 1 aliphatic rings. The molecule has 0 atom stereocenters. The van der Waals surface area contributed by atoms with Crippen LogP contribution >= 0.6 is 0 Å². The molecule has 1 rings (SSSR count). The van der Waals surface area contributed by atoms with Crippen LogP contribution in [0.25, 0.3) is 0 Å². The van der Waals surface area contributed by atoms with E-state index in [-0.39, 0.29) is 11.3 Å². The normalized spacial score (nSPS) is 22.5. The highest BCUT2D eigenvalue weighted by molar-refractivity contribution is 5.76. The minimum absolute atomic E-state index is 0.116. The lowest BCUT2D eigenvalue weighted by Crippen LogP contribution is -2.28.